The van der Waals surface area contributed by atoms with Crippen molar-refractivity contribution < 1.29 is 14.4 Å². The smallest absolute Gasteiger partial charge is 0.325 e. The molecule has 2 N–H and O–H groups in total. The second-order valence-corrected chi connectivity index (χ2v) is 10.8. The number of urea groups is 1. The third kappa shape index (κ3) is 5.40. The molecule has 33 heavy (non-hydrogen) atoms. The molecule has 0 radical (unpaired) electrons. The van der Waals surface area contributed by atoms with Crippen molar-refractivity contribution in [3.05, 3.63) is 35.4 Å². The van der Waals surface area contributed by atoms with Crippen LogP contribution in [0.3, 0.4) is 0 Å². The maximum atomic E-state index is 13.0. The monoisotopic (exact) mass is 454 g/mol. The topological polar surface area (TPSA) is 81.8 Å². The molecule has 0 aromatic heterocycles. The highest BCUT2D eigenvalue weighted by Crippen LogP contribution is 2.36. The number of rotatable bonds is 6. The number of nitrogens with one attached hydrogen (secondary N) is 2. The van der Waals surface area contributed by atoms with Crippen LogP contribution in [0.25, 0.3) is 0 Å². The Morgan fingerprint density at radius 2 is 1.67 bits per heavy atom. The Morgan fingerprint density at radius 3 is 2.33 bits per heavy atom. The van der Waals surface area contributed by atoms with Gasteiger partial charge in [-0.3, -0.25) is 19.4 Å². The van der Waals surface area contributed by atoms with Crippen LogP contribution in [0.2, 0.25) is 0 Å². The van der Waals surface area contributed by atoms with E-state index in [-0.39, 0.29) is 18.4 Å². The fraction of sp³-hybridized carbons (Fsp3) is 0.654. The van der Waals surface area contributed by atoms with Gasteiger partial charge in [-0.2, -0.15) is 0 Å². The Morgan fingerprint density at radius 1 is 1.03 bits per heavy atom. The van der Waals surface area contributed by atoms with Gasteiger partial charge in [-0.05, 0) is 61.0 Å². The Kier molecular flexibility index (Phi) is 7.07. The van der Waals surface area contributed by atoms with Crippen LogP contribution in [0.4, 0.5) is 4.79 Å². The van der Waals surface area contributed by atoms with E-state index in [1.54, 1.807) is 0 Å². The lowest BCUT2D eigenvalue weighted by molar-refractivity contribution is -0.136. The molecule has 1 saturated carbocycles. The molecule has 2 heterocycles. The first kappa shape index (κ1) is 23.7. The fourth-order valence-electron chi connectivity index (χ4n) is 5.85. The van der Waals surface area contributed by atoms with E-state index in [2.05, 4.69) is 42.4 Å². The summed E-state index contributed by atoms with van der Waals surface area (Å²) in [5, 5.41) is 5.81. The van der Waals surface area contributed by atoms with Gasteiger partial charge in [0.15, 0.2) is 0 Å². The van der Waals surface area contributed by atoms with Crippen molar-refractivity contribution in [3.8, 4) is 0 Å². The van der Waals surface area contributed by atoms with E-state index in [9.17, 15) is 14.4 Å². The van der Waals surface area contributed by atoms with Crippen LogP contribution in [0.15, 0.2) is 24.3 Å². The van der Waals surface area contributed by atoms with Crippen molar-refractivity contribution in [2.24, 2.45) is 17.8 Å². The van der Waals surface area contributed by atoms with E-state index in [1.165, 1.54) is 12.0 Å². The average molecular weight is 455 g/mol. The Labute approximate surface area is 197 Å². The number of nitrogens with zero attached hydrogens (tertiary/aromatic N) is 2. The molecule has 1 aliphatic carbocycles. The van der Waals surface area contributed by atoms with Gasteiger partial charge >= 0.3 is 6.03 Å². The maximum Gasteiger partial charge on any atom is 0.325 e. The minimum atomic E-state index is -0.806. The van der Waals surface area contributed by atoms with Crippen LogP contribution in [-0.2, 0) is 22.7 Å². The number of amides is 4. The molecule has 7 heteroatoms. The van der Waals surface area contributed by atoms with E-state index in [1.807, 2.05) is 18.2 Å². The van der Waals surface area contributed by atoms with Crippen LogP contribution in [0.5, 0.6) is 0 Å². The Bertz CT molecular complexity index is 883. The first-order valence-corrected chi connectivity index (χ1v) is 12.5. The van der Waals surface area contributed by atoms with Crippen LogP contribution in [0, 0.1) is 17.8 Å². The predicted molar refractivity (Wildman–Crippen MR) is 127 cm³/mol. The van der Waals surface area contributed by atoms with Gasteiger partial charge in [0.2, 0.25) is 5.91 Å². The van der Waals surface area contributed by atoms with Gasteiger partial charge in [-0.1, -0.05) is 45.0 Å². The number of benzene rings is 1. The first-order chi connectivity index (χ1) is 15.8. The van der Waals surface area contributed by atoms with Gasteiger partial charge in [0, 0.05) is 26.2 Å². The summed E-state index contributed by atoms with van der Waals surface area (Å²) >= 11 is 0. The molecular weight excluding hydrogens is 416 g/mol. The van der Waals surface area contributed by atoms with Crippen molar-refractivity contribution in [2.45, 2.75) is 71.5 Å². The summed E-state index contributed by atoms with van der Waals surface area (Å²) in [4.78, 5) is 41.7. The van der Waals surface area contributed by atoms with Gasteiger partial charge in [0.1, 0.15) is 12.1 Å². The van der Waals surface area contributed by atoms with E-state index in [4.69, 9.17) is 0 Å². The molecule has 1 aromatic carbocycles. The molecular formula is C26H38N4O3. The number of carbonyl (C=O) groups is 3. The predicted octanol–water partition coefficient (Wildman–Crippen LogP) is 3.28. The summed E-state index contributed by atoms with van der Waals surface area (Å²) in [5.41, 5.74) is 1.48. The highest BCUT2D eigenvalue weighted by Gasteiger charge is 2.52. The van der Waals surface area contributed by atoms with Crippen LogP contribution in [-0.4, -0.2) is 52.8 Å². The van der Waals surface area contributed by atoms with E-state index in [0.717, 1.165) is 42.9 Å². The van der Waals surface area contributed by atoms with Crippen molar-refractivity contribution in [1.82, 2.24) is 20.4 Å². The van der Waals surface area contributed by atoms with Crippen LogP contribution >= 0.6 is 0 Å². The van der Waals surface area contributed by atoms with Gasteiger partial charge in [0.05, 0.1) is 0 Å². The molecule has 1 aromatic rings. The van der Waals surface area contributed by atoms with Gasteiger partial charge in [0.25, 0.3) is 5.91 Å². The van der Waals surface area contributed by atoms with Crippen LogP contribution in [0.1, 0.15) is 64.0 Å². The van der Waals surface area contributed by atoms with Crippen molar-refractivity contribution in [2.75, 3.05) is 19.6 Å². The van der Waals surface area contributed by atoms with Crippen LogP contribution < -0.4 is 10.6 Å². The SMILES string of the molecule is CC1CCC2(CC1)NC(=O)N(CC(=O)NCc1ccccc1CN1CC(C)CC(C)C1)C2=O. The molecule has 180 valence electrons. The second-order valence-electron chi connectivity index (χ2n) is 10.8. The maximum absolute atomic E-state index is 13.0. The van der Waals surface area contributed by atoms with Crippen molar-refractivity contribution >= 4 is 17.8 Å². The minimum absolute atomic E-state index is 0.231. The number of piperidine rings is 1. The number of imide groups is 1. The molecule has 1 spiro atoms. The zero-order valence-electron chi connectivity index (χ0n) is 20.2. The lowest BCUT2D eigenvalue weighted by Crippen LogP contribution is -2.49. The zero-order chi connectivity index (χ0) is 23.6. The molecule has 4 amide bonds. The average Bonchev–Trinajstić information content (AvgIpc) is 2.99. The van der Waals surface area contributed by atoms with E-state index >= 15 is 0 Å². The highest BCUT2D eigenvalue weighted by molar-refractivity contribution is 6.09. The zero-order valence-corrected chi connectivity index (χ0v) is 20.2. The summed E-state index contributed by atoms with van der Waals surface area (Å²) in [6, 6.07) is 7.74. The normalized spacial score (nSPS) is 30.5. The minimum Gasteiger partial charge on any atom is -0.350 e. The summed E-state index contributed by atoms with van der Waals surface area (Å²) in [6.07, 6.45) is 4.40. The Balaban J connectivity index is 1.33. The lowest BCUT2D eigenvalue weighted by Gasteiger charge is -2.35. The molecule has 2 aliphatic heterocycles. The first-order valence-electron chi connectivity index (χ1n) is 12.5. The Hall–Kier alpha value is -2.41. The van der Waals surface area contributed by atoms with Crippen molar-refractivity contribution in [1.29, 1.82) is 0 Å². The lowest BCUT2D eigenvalue weighted by atomic mass is 9.77. The molecule has 2 atom stereocenters. The second kappa shape index (κ2) is 9.84. The number of hydrogen-bond acceptors (Lipinski definition) is 4. The van der Waals surface area contributed by atoms with Crippen molar-refractivity contribution in [3.63, 3.8) is 0 Å². The van der Waals surface area contributed by atoms with E-state index < -0.39 is 11.6 Å². The number of hydrogen-bond donors (Lipinski definition) is 2. The summed E-state index contributed by atoms with van der Waals surface area (Å²) in [7, 11) is 0. The largest absolute Gasteiger partial charge is 0.350 e. The highest BCUT2D eigenvalue weighted by atomic mass is 16.2. The molecule has 0 bridgehead atoms. The quantitative estimate of drug-likeness (QED) is 0.647. The number of likely N-dealkylation sites (tertiary alicyclic amines) is 1. The fourth-order valence-corrected chi connectivity index (χ4v) is 5.85. The summed E-state index contributed by atoms with van der Waals surface area (Å²) < 4.78 is 0. The van der Waals surface area contributed by atoms with E-state index in [0.29, 0.717) is 37.1 Å². The molecule has 3 fully saturated rings. The molecule has 3 aliphatic rings. The molecule has 7 nitrogen and oxygen atoms in total. The molecule has 2 saturated heterocycles. The number of carbonyl (C=O) groups excluding carboxylic acids is 3. The standard InChI is InChI=1S/C26H38N4O3/c1-18-8-10-26(11-9-18)24(32)30(25(33)28-26)17-23(31)27-13-21-6-4-5-7-22(21)16-29-14-19(2)12-20(3)15-29/h4-7,18-20H,8-17H2,1-3H3,(H,27,31)(H,28,33). The van der Waals surface area contributed by atoms with Gasteiger partial charge < -0.3 is 10.6 Å². The molecule has 4 rings (SSSR count). The third-order valence-corrected chi connectivity index (χ3v) is 7.61. The molecule has 2 unspecified atom stereocenters. The van der Waals surface area contributed by atoms with Gasteiger partial charge in [-0.15, -0.1) is 0 Å². The van der Waals surface area contributed by atoms with Gasteiger partial charge in [-0.25, -0.2) is 4.79 Å². The summed E-state index contributed by atoms with van der Waals surface area (Å²) in [6.45, 7) is 10.0. The summed E-state index contributed by atoms with van der Waals surface area (Å²) in [5.74, 6) is 1.40. The third-order valence-electron chi connectivity index (χ3n) is 7.61.